The van der Waals surface area contributed by atoms with Gasteiger partial charge in [0.05, 0.1) is 11.1 Å². The van der Waals surface area contributed by atoms with E-state index in [-0.39, 0.29) is 0 Å². The number of ether oxygens (including phenoxy) is 1. The molecule has 0 aromatic carbocycles. The first-order valence-electron chi connectivity index (χ1n) is 4.05. The van der Waals surface area contributed by atoms with Gasteiger partial charge < -0.3 is 4.74 Å². The third-order valence-electron chi connectivity index (χ3n) is 1.60. The molecular formula is C6H3F3IN3O5S. The molecule has 0 bridgehead atoms. The number of halogens is 4. The van der Waals surface area contributed by atoms with Crippen LogP contribution in [0.25, 0.3) is 0 Å². The van der Waals surface area contributed by atoms with E-state index in [2.05, 4.69) is 14.9 Å². The van der Waals surface area contributed by atoms with Crippen molar-refractivity contribution in [1.29, 1.82) is 0 Å². The highest BCUT2D eigenvalue weighted by Gasteiger charge is 2.36. The lowest BCUT2D eigenvalue weighted by atomic mass is 10.4. The number of hydrogen-bond acceptors (Lipinski definition) is 6. The fraction of sp³-hybridized carbons (Fsp3) is 0.167. The summed E-state index contributed by atoms with van der Waals surface area (Å²) in [7, 11) is -4.56. The smallest absolute Gasteiger partial charge is 0.403 e. The first-order chi connectivity index (χ1) is 8.43. The Morgan fingerprint density at radius 2 is 2.00 bits per heavy atom. The van der Waals surface area contributed by atoms with Crippen LogP contribution < -0.4 is 9.88 Å². The molecule has 0 aliphatic rings. The zero-order valence-electron chi connectivity index (χ0n) is 8.51. The van der Waals surface area contributed by atoms with E-state index in [1.807, 2.05) is 0 Å². The molecule has 13 heteroatoms. The van der Waals surface area contributed by atoms with Gasteiger partial charge in [0, 0.05) is 0 Å². The van der Waals surface area contributed by atoms with Crippen LogP contribution in [0, 0.1) is 13.7 Å². The predicted molar refractivity (Wildman–Crippen MR) is 61.7 cm³/mol. The van der Waals surface area contributed by atoms with Gasteiger partial charge in [-0.25, -0.2) is 18.5 Å². The first kappa shape index (κ1) is 15.8. The van der Waals surface area contributed by atoms with E-state index in [1.54, 1.807) is 0 Å². The molecule has 0 amide bonds. The lowest BCUT2D eigenvalue weighted by Gasteiger charge is -2.11. The maximum atomic E-state index is 12.0. The number of aromatic nitrogens is 1. The van der Waals surface area contributed by atoms with Crippen molar-refractivity contribution in [3.63, 3.8) is 0 Å². The Bertz CT molecular complexity index is 632. The van der Waals surface area contributed by atoms with Crippen LogP contribution in [0.15, 0.2) is 11.2 Å². The number of hydrogen-bond donors (Lipinski definition) is 1. The molecule has 0 saturated carbocycles. The zero-order chi connectivity index (χ0) is 15.0. The van der Waals surface area contributed by atoms with Crippen molar-refractivity contribution in [1.82, 2.24) is 4.98 Å². The van der Waals surface area contributed by atoms with E-state index >= 15 is 0 Å². The van der Waals surface area contributed by atoms with Crippen LogP contribution in [-0.2, 0) is 10.0 Å². The Morgan fingerprint density at radius 1 is 1.47 bits per heavy atom. The molecule has 19 heavy (non-hydrogen) atoms. The van der Waals surface area contributed by atoms with Gasteiger partial charge in [0.1, 0.15) is 3.57 Å². The molecule has 1 aromatic heterocycles. The summed E-state index contributed by atoms with van der Waals surface area (Å²) in [6.07, 6.45) is -4.71. The average molecular weight is 413 g/mol. The van der Waals surface area contributed by atoms with E-state index in [4.69, 9.17) is 0 Å². The maximum absolute atomic E-state index is 12.0. The maximum Gasteiger partial charge on any atom is 0.573 e. The summed E-state index contributed by atoms with van der Waals surface area (Å²) in [5.41, 5.74) is -1.18. The summed E-state index contributed by atoms with van der Waals surface area (Å²) in [5.74, 6) is -0.993. The number of nitrogens with two attached hydrogens (primary N) is 1. The largest absolute Gasteiger partial charge is 0.573 e. The van der Waals surface area contributed by atoms with Gasteiger partial charge in [-0.3, -0.25) is 10.1 Å². The minimum atomic E-state index is -5.10. The molecule has 1 heterocycles. The van der Waals surface area contributed by atoms with Crippen LogP contribution >= 0.6 is 22.6 Å². The minimum Gasteiger partial charge on any atom is -0.403 e. The number of pyridine rings is 1. The molecule has 0 aliphatic carbocycles. The van der Waals surface area contributed by atoms with Gasteiger partial charge in [-0.2, -0.15) is 0 Å². The molecule has 106 valence electrons. The fourth-order valence-corrected chi connectivity index (χ4v) is 2.54. The van der Waals surface area contributed by atoms with E-state index < -0.39 is 41.3 Å². The molecule has 1 aromatic rings. The summed E-state index contributed by atoms with van der Waals surface area (Å²) in [4.78, 5) is 12.5. The lowest BCUT2D eigenvalue weighted by Crippen LogP contribution is -2.20. The number of nitro groups is 1. The summed E-state index contributed by atoms with van der Waals surface area (Å²) in [6, 6.07) is 0. The van der Waals surface area contributed by atoms with E-state index in [1.165, 1.54) is 0 Å². The average Bonchev–Trinajstić information content (AvgIpc) is 2.16. The van der Waals surface area contributed by atoms with Gasteiger partial charge in [0.25, 0.3) is 10.0 Å². The molecule has 0 atom stereocenters. The van der Waals surface area contributed by atoms with Crippen molar-refractivity contribution in [2.45, 2.75) is 11.4 Å². The standard InChI is InChI=1S/C6H3F3IN3O5S/c7-6(8,9)18-2-1-12-5(19(11,16)17)4(3(2)10)13(14)15/h1H,(H2,11,16,17). The SMILES string of the molecule is NS(=O)(=O)c1ncc(OC(F)(F)F)c(I)c1[N+](=O)[O-]. The van der Waals surface area contributed by atoms with E-state index in [0.717, 1.165) is 22.6 Å². The predicted octanol–water partition coefficient (Wildman–Crippen LogP) is 1.14. The highest BCUT2D eigenvalue weighted by atomic mass is 127. The van der Waals surface area contributed by atoms with Gasteiger partial charge in [0.2, 0.25) is 5.03 Å². The van der Waals surface area contributed by atoms with Crippen LogP contribution in [0.2, 0.25) is 0 Å². The molecule has 2 N–H and O–H groups in total. The Balaban J connectivity index is 3.54. The van der Waals surface area contributed by atoms with Gasteiger partial charge in [0.15, 0.2) is 5.75 Å². The van der Waals surface area contributed by atoms with Gasteiger partial charge in [-0.1, -0.05) is 0 Å². The fourth-order valence-electron chi connectivity index (χ4n) is 1.01. The monoisotopic (exact) mass is 413 g/mol. The summed E-state index contributed by atoms with van der Waals surface area (Å²) in [6.45, 7) is 0. The second kappa shape index (κ2) is 5.04. The van der Waals surface area contributed by atoms with Crippen molar-refractivity contribution < 1.29 is 31.2 Å². The third kappa shape index (κ3) is 3.87. The first-order valence-corrected chi connectivity index (χ1v) is 6.67. The number of primary sulfonamides is 1. The molecular weight excluding hydrogens is 410 g/mol. The van der Waals surface area contributed by atoms with Crippen LogP contribution in [0.1, 0.15) is 0 Å². The van der Waals surface area contributed by atoms with Crippen molar-refractivity contribution in [3.05, 3.63) is 19.9 Å². The summed E-state index contributed by atoms with van der Waals surface area (Å²) < 4.78 is 61.0. The van der Waals surface area contributed by atoms with Gasteiger partial charge in [-0.05, 0) is 22.6 Å². The third-order valence-corrected chi connectivity index (χ3v) is 3.48. The zero-order valence-corrected chi connectivity index (χ0v) is 11.5. The second-order valence-electron chi connectivity index (χ2n) is 2.94. The summed E-state index contributed by atoms with van der Waals surface area (Å²) in [5, 5.41) is 14.2. The molecule has 0 spiro atoms. The molecule has 8 nitrogen and oxygen atoms in total. The highest BCUT2D eigenvalue weighted by molar-refractivity contribution is 14.1. The minimum absolute atomic E-state index is 0.391. The summed E-state index contributed by atoms with van der Waals surface area (Å²) >= 11 is 1.14. The van der Waals surface area contributed by atoms with Crippen molar-refractivity contribution in [2.75, 3.05) is 0 Å². The van der Waals surface area contributed by atoms with Crippen molar-refractivity contribution in [2.24, 2.45) is 5.14 Å². The quantitative estimate of drug-likeness (QED) is 0.450. The Hall–Kier alpha value is -1.22. The Labute approximate surface area is 117 Å². The molecule has 1 rings (SSSR count). The Kier molecular flexibility index (Phi) is 4.20. The molecule has 0 aliphatic heterocycles. The van der Waals surface area contributed by atoms with E-state index in [0.29, 0.717) is 6.20 Å². The van der Waals surface area contributed by atoms with Crippen molar-refractivity contribution >= 4 is 38.3 Å². The van der Waals surface area contributed by atoms with Gasteiger partial charge >= 0.3 is 12.0 Å². The topological polar surface area (TPSA) is 125 Å². The number of nitrogens with zero attached hydrogens (tertiary/aromatic N) is 2. The Morgan fingerprint density at radius 3 is 2.37 bits per heavy atom. The van der Waals surface area contributed by atoms with Crippen LogP contribution in [0.5, 0.6) is 5.75 Å². The molecule has 0 radical (unpaired) electrons. The highest BCUT2D eigenvalue weighted by Crippen LogP contribution is 2.35. The molecule has 0 fully saturated rings. The normalized spacial score (nSPS) is 12.3. The second-order valence-corrected chi connectivity index (χ2v) is 5.50. The van der Waals surface area contributed by atoms with Gasteiger partial charge in [-0.15, -0.1) is 13.2 Å². The van der Waals surface area contributed by atoms with E-state index in [9.17, 15) is 31.7 Å². The molecule has 0 unspecified atom stereocenters. The number of alkyl halides is 3. The lowest BCUT2D eigenvalue weighted by molar-refractivity contribution is -0.389. The van der Waals surface area contributed by atoms with Crippen LogP contribution in [-0.4, -0.2) is 24.7 Å². The number of rotatable bonds is 3. The van der Waals surface area contributed by atoms with Crippen molar-refractivity contribution in [3.8, 4) is 5.75 Å². The van der Waals surface area contributed by atoms with Crippen LogP contribution in [0.4, 0.5) is 18.9 Å². The number of sulfonamides is 1. The van der Waals surface area contributed by atoms with Crippen LogP contribution in [0.3, 0.4) is 0 Å². The molecule has 0 saturated heterocycles.